The van der Waals surface area contributed by atoms with E-state index in [1.165, 1.54) is 12.1 Å². The summed E-state index contributed by atoms with van der Waals surface area (Å²) in [7, 11) is -2.85. The van der Waals surface area contributed by atoms with Crippen molar-refractivity contribution in [1.29, 1.82) is 0 Å². The third-order valence-corrected chi connectivity index (χ3v) is 5.33. The molecule has 2 rings (SSSR count). The van der Waals surface area contributed by atoms with Gasteiger partial charge in [-0.1, -0.05) is 22.0 Å². The Morgan fingerprint density at radius 3 is 2.82 bits per heavy atom. The van der Waals surface area contributed by atoms with Gasteiger partial charge < -0.3 is 5.32 Å². The van der Waals surface area contributed by atoms with Crippen molar-refractivity contribution in [3.05, 3.63) is 34.1 Å². The highest BCUT2D eigenvalue weighted by Crippen LogP contribution is 2.19. The summed E-state index contributed by atoms with van der Waals surface area (Å²) in [5, 5.41) is 3.18. The van der Waals surface area contributed by atoms with E-state index in [0.29, 0.717) is 17.4 Å². The van der Waals surface area contributed by atoms with Crippen LogP contribution in [0.3, 0.4) is 0 Å². The average molecular weight is 322 g/mol. The van der Waals surface area contributed by atoms with Crippen LogP contribution in [0.5, 0.6) is 0 Å². The minimum Gasteiger partial charge on any atom is -0.309 e. The number of sulfone groups is 1. The van der Waals surface area contributed by atoms with Crippen molar-refractivity contribution in [1.82, 2.24) is 5.32 Å². The van der Waals surface area contributed by atoms with Crippen LogP contribution in [0, 0.1) is 5.82 Å². The second kappa shape index (κ2) is 5.04. The summed E-state index contributed by atoms with van der Waals surface area (Å²) < 4.78 is 36.1. The van der Waals surface area contributed by atoms with Crippen LogP contribution in [0.15, 0.2) is 22.7 Å². The molecule has 0 aliphatic carbocycles. The molecule has 0 amide bonds. The number of rotatable bonds is 3. The first-order valence-corrected chi connectivity index (χ1v) is 7.95. The van der Waals surface area contributed by atoms with Crippen molar-refractivity contribution in [3.63, 3.8) is 0 Å². The summed E-state index contributed by atoms with van der Waals surface area (Å²) in [6.07, 6.45) is 0.654. The fourth-order valence-corrected chi connectivity index (χ4v) is 4.07. The molecule has 1 aromatic rings. The number of hydrogen-bond acceptors (Lipinski definition) is 3. The largest absolute Gasteiger partial charge is 0.309 e. The molecular weight excluding hydrogens is 309 g/mol. The molecule has 6 heteroatoms. The zero-order chi connectivity index (χ0) is 12.5. The van der Waals surface area contributed by atoms with Gasteiger partial charge in [0.15, 0.2) is 9.84 Å². The summed E-state index contributed by atoms with van der Waals surface area (Å²) >= 11 is 3.28. The molecule has 1 unspecified atom stereocenters. The van der Waals surface area contributed by atoms with Crippen molar-refractivity contribution in [2.75, 3.05) is 11.5 Å². The van der Waals surface area contributed by atoms with Crippen molar-refractivity contribution < 1.29 is 12.8 Å². The maximum absolute atomic E-state index is 12.9. The third kappa shape index (κ3) is 3.50. The topological polar surface area (TPSA) is 46.2 Å². The van der Waals surface area contributed by atoms with Crippen molar-refractivity contribution >= 4 is 25.8 Å². The predicted octanol–water partition coefficient (Wildman–Crippen LogP) is 1.86. The molecule has 94 valence electrons. The van der Waals surface area contributed by atoms with Gasteiger partial charge in [-0.2, -0.15) is 0 Å². The standard InChI is InChI=1S/C11H13BrFNO2S/c12-11-5-9(13)2-1-8(11)6-14-10-3-4-17(15,16)7-10/h1-2,5,10,14H,3-4,6-7H2. The van der Waals surface area contributed by atoms with Crippen LogP contribution < -0.4 is 5.32 Å². The highest BCUT2D eigenvalue weighted by molar-refractivity contribution is 9.10. The number of hydrogen-bond donors (Lipinski definition) is 1. The lowest BCUT2D eigenvalue weighted by Crippen LogP contribution is -2.29. The Morgan fingerprint density at radius 2 is 2.24 bits per heavy atom. The van der Waals surface area contributed by atoms with Crippen LogP contribution >= 0.6 is 15.9 Å². The number of halogens is 2. The Hall–Kier alpha value is -0.460. The molecule has 1 fully saturated rings. The van der Waals surface area contributed by atoms with Crippen LogP contribution in [-0.2, 0) is 16.4 Å². The first-order chi connectivity index (χ1) is 7.96. The molecule has 1 heterocycles. The molecule has 1 saturated heterocycles. The van der Waals surface area contributed by atoms with Crippen LogP contribution in [0.4, 0.5) is 4.39 Å². The molecule has 1 N–H and O–H groups in total. The summed E-state index contributed by atoms with van der Waals surface area (Å²) in [6.45, 7) is 0.543. The van der Waals surface area contributed by atoms with Gasteiger partial charge in [0.2, 0.25) is 0 Å². The highest BCUT2D eigenvalue weighted by Gasteiger charge is 2.27. The van der Waals surface area contributed by atoms with Gasteiger partial charge in [0.1, 0.15) is 5.82 Å². The number of nitrogens with one attached hydrogen (secondary N) is 1. The van der Waals surface area contributed by atoms with E-state index in [4.69, 9.17) is 0 Å². The predicted molar refractivity (Wildman–Crippen MR) is 68.0 cm³/mol. The highest BCUT2D eigenvalue weighted by atomic mass is 79.9. The summed E-state index contributed by atoms with van der Waals surface area (Å²) in [5.74, 6) is 0.171. The van der Waals surface area contributed by atoms with E-state index < -0.39 is 9.84 Å². The first kappa shape index (κ1) is 13.0. The van der Waals surface area contributed by atoms with Gasteiger partial charge >= 0.3 is 0 Å². The van der Waals surface area contributed by atoms with E-state index in [0.717, 1.165) is 5.56 Å². The van der Waals surface area contributed by atoms with Crippen molar-refractivity contribution in [3.8, 4) is 0 Å². The molecule has 0 saturated carbocycles. The average Bonchev–Trinajstić information content (AvgIpc) is 2.57. The maximum atomic E-state index is 12.9. The van der Waals surface area contributed by atoms with Crippen LogP contribution in [-0.4, -0.2) is 26.0 Å². The Labute approximate surface area is 108 Å². The van der Waals surface area contributed by atoms with E-state index in [1.807, 2.05) is 0 Å². The zero-order valence-corrected chi connectivity index (χ0v) is 11.5. The Bertz CT molecular complexity index is 518. The fraction of sp³-hybridized carbons (Fsp3) is 0.455. The molecule has 0 radical (unpaired) electrons. The molecule has 17 heavy (non-hydrogen) atoms. The minimum absolute atomic E-state index is 0.0111. The van der Waals surface area contributed by atoms with Gasteiger partial charge in [0.05, 0.1) is 11.5 Å². The Kier molecular flexibility index (Phi) is 3.85. The Balaban J connectivity index is 1.95. The van der Waals surface area contributed by atoms with E-state index in [9.17, 15) is 12.8 Å². The summed E-state index contributed by atoms with van der Waals surface area (Å²) in [4.78, 5) is 0. The molecule has 3 nitrogen and oxygen atoms in total. The molecule has 1 aliphatic heterocycles. The molecule has 0 spiro atoms. The lowest BCUT2D eigenvalue weighted by atomic mass is 10.2. The normalized spacial score (nSPS) is 22.8. The minimum atomic E-state index is -2.85. The van der Waals surface area contributed by atoms with Gasteiger partial charge in [-0.3, -0.25) is 0 Å². The van der Waals surface area contributed by atoms with E-state index in [1.54, 1.807) is 6.07 Å². The van der Waals surface area contributed by atoms with Crippen molar-refractivity contribution in [2.24, 2.45) is 0 Å². The quantitative estimate of drug-likeness (QED) is 0.924. The second-order valence-electron chi connectivity index (χ2n) is 4.22. The monoisotopic (exact) mass is 321 g/mol. The van der Waals surface area contributed by atoms with Crippen LogP contribution in [0.25, 0.3) is 0 Å². The van der Waals surface area contributed by atoms with E-state index in [-0.39, 0.29) is 23.4 Å². The smallest absolute Gasteiger partial charge is 0.151 e. The molecular formula is C11H13BrFNO2S. The zero-order valence-electron chi connectivity index (χ0n) is 9.12. The Morgan fingerprint density at radius 1 is 1.47 bits per heavy atom. The molecule has 0 bridgehead atoms. The van der Waals surface area contributed by atoms with Gasteiger partial charge in [-0.15, -0.1) is 0 Å². The van der Waals surface area contributed by atoms with Crippen LogP contribution in [0.2, 0.25) is 0 Å². The first-order valence-electron chi connectivity index (χ1n) is 5.34. The van der Waals surface area contributed by atoms with Gasteiger partial charge in [-0.05, 0) is 24.1 Å². The lowest BCUT2D eigenvalue weighted by Gasteiger charge is -2.11. The third-order valence-electron chi connectivity index (χ3n) is 2.83. The van der Waals surface area contributed by atoms with Crippen LogP contribution in [0.1, 0.15) is 12.0 Å². The van der Waals surface area contributed by atoms with E-state index in [2.05, 4.69) is 21.2 Å². The van der Waals surface area contributed by atoms with Crippen molar-refractivity contribution in [2.45, 2.75) is 19.0 Å². The number of benzene rings is 1. The molecule has 1 aliphatic rings. The molecule has 0 aromatic heterocycles. The summed E-state index contributed by atoms with van der Waals surface area (Å²) in [5.41, 5.74) is 0.927. The van der Waals surface area contributed by atoms with E-state index >= 15 is 0 Å². The molecule has 1 atom stereocenters. The lowest BCUT2D eigenvalue weighted by molar-refractivity contribution is 0.552. The molecule has 1 aromatic carbocycles. The fourth-order valence-electron chi connectivity index (χ4n) is 1.88. The second-order valence-corrected chi connectivity index (χ2v) is 7.30. The SMILES string of the molecule is O=S1(=O)CCC(NCc2ccc(F)cc2Br)C1. The van der Waals surface area contributed by atoms with Gasteiger partial charge in [-0.25, -0.2) is 12.8 Å². The van der Waals surface area contributed by atoms with Gasteiger partial charge in [0.25, 0.3) is 0 Å². The maximum Gasteiger partial charge on any atom is 0.151 e. The summed E-state index contributed by atoms with van der Waals surface area (Å²) in [6, 6.07) is 4.50. The van der Waals surface area contributed by atoms with Gasteiger partial charge in [0, 0.05) is 17.1 Å².